The van der Waals surface area contributed by atoms with Crippen LogP contribution in [-0.2, 0) is 4.79 Å². The number of rotatable bonds is 4. The quantitative estimate of drug-likeness (QED) is 0.794. The standard InChI is InChI=1S/C23H30N4O2/c1-18-7-3-4-8-20(18)29-16-21(28)27-13-6-10-23(27)9-5-12-26(14-11-23)22-19(2)15-24-17-25-22/h3-4,7-8,15,17H,5-6,9-14,16H2,1-2H3/t23-/m0/s1. The van der Waals surface area contributed by atoms with Crippen LogP contribution < -0.4 is 9.64 Å². The second kappa shape index (κ2) is 8.39. The van der Waals surface area contributed by atoms with Crippen molar-refractivity contribution >= 4 is 11.7 Å². The molecule has 2 fully saturated rings. The summed E-state index contributed by atoms with van der Waals surface area (Å²) in [5.41, 5.74) is 2.12. The summed E-state index contributed by atoms with van der Waals surface area (Å²) in [7, 11) is 0. The molecular formula is C23H30N4O2. The molecule has 0 saturated carbocycles. The Bertz CT molecular complexity index is 871. The topological polar surface area (TPSA) is 58.6 Å². The van der Waals surface area contributed by atoms with Crippen LogP contribution in [0.15, 0.2) is 36.8 Å². The van der Waals surface area contributed by atoms with Crippen LogP contribution in [0, 0.1) is 13.8 Å². The van der Waals surface area contributed by atoms with Gasteiger partial charge in [-0.1, -0.05) is 18.2 Å². The van der Waals surface area contributed by atoms with Gasteiger partial charge in [0.1, 0.15) is 17.9 Å². The van der Waals surface area contributed by atoms with E-state index in [0.717, 1.165) is 74.4 Å². The smallest absolute Gasteiger partial charge is 0.260 e. The first-order valence-corrected chi connectivity index (χ1v) is 10.6. The van der Waals surface area contributed by atoms with E-state index in [2.05, 4.69) is 26.7 Å². The first kappa shape index (κ1) is 19.7. The molecular weight excluding hydrogens is 364 g/mol. The number of hydrogen-bond donors (Lipinski definition) is 0. The highest BCUT2D eigenvalue weighted by Gasteiger charge is 2.44. The van der Waals surface area contributed by atoms with Gasteiger partial charge in [0.25, 0.3) is 5.91 Å². The van der Waals surface area contributed by atoms with E-state index in [1.54, 1.807) is 6.33 Å². The molecule has 1 atom stereocenters. The van der Waals surface area contributed by atoms with Crippen LogP contribution in [0.25, 0.3) is 0 Å². The lowest BCUT2D eigenvalue weighted by Crippen LogP contribution is -2.49. The van der Waals surface area contributed by atoms with Crippen molar-refractivity contribution in [2.75, 3.05) is 31.1 Å². The highest BCUT2D eigenvalue weighted by atomic mass is 16.5. The van der Waals surface area contributed by atoms with Crippen molar-refractivity contribution in [2.45, 2.75) is 51.5 Å². The minimum Gasteiger partial charge on any atom is -0.484 e. The average Bonchev–Trinajstić information content (AvgIpc) is 3.02. The van der Waals surface area contributed by atoms with Crippen LogP contribution in [0.5, 0.6) is 5.75 Å². The number of ether oxygens (including phenoxy) is 1. The molecule has 0 bridgehead atoms. The minimum absolute atomic E-state index is 0.0398. The predicted molar refractivity (Wildman–Crippen MR) is 113 cm³/mol. The van der Waals surface area contributed by atoms with Gasteiger partial charge < -0.3 is 14.5 Å². The summed E-state index contributed by atoms with van der Waals surface area (Å²) >= 11 is 0. The van der Waals surface area contributed by atoms with Crippen molar-refractivity contribution in [1.82, 2.24) is 14.9 Å². The molecule has 2 aliphatic heterocycles. The Labute approximate surface area is 172 Å². The first-order valence-electron chi connectivity index (χ1n) is 10.6. The van der Waals surface area contributed by atoms with Gasteiger partial charge in [0.15, 0.2) is 6.61 Å². The summed E-state index contributed by atoms with van der Waals surface area (Å²) in [6.45, 7) is 6.90. The largest absolute Gasteiger partial charge is 0.484 e. The van der Waals surface area contributed by atoms with Crippen molar-refractivity contribution < 1.29 is 9.53 Å². The summed E-state index contributed by atoms with van der Waals surface area (Å²) in [6, 6.07) is 7.86. The van der Waals surface area contributed by atoms with Crippen LogP contribution in [0.2, 0.25) is 0 Å². The van der Waals surface area contributed by atoms with E-state index in [4.69, 9.17) is 4.74 Å². The molecule has 154 valence electrons. The number of carbonyl (C=O) groups excluding carboxylic acids is 1. The van der Waals surface area contributed by atoms with E-state index in [1.807, 2.05) is 37.4 Å². The molecule has 4 rings (SSSR count). The third-order valence-electron chi connectivity index (χ3n) is 6.43. The summed E-state index contributed by atoms with van der Waals surface area (Å²) in [5, 5.41) is 0. The predicted octanol–water partition coefficient (Wildman–Crippen LogP) is 3.52. The number of benzene rings is 1. The van der Waals surface area contributed by atoms with E-state index >= 15 is 0 Å². The molecule has 0 radical (unpaired) electrons. The van der Waals surface area contributed by atoms with E-state index < -0.39 is 0 Å². The van der Waals surface area contributed by atoms with Gasteiger partial charge in [0.05, 0.1) is 0 Å². The molecule has 0 aliphatic carbocycles. The third-order valence-corrected chi connectivity index (χ3v) is 6.43. The Morgan fingerprint density at radius 2 is 1.86 bits per heavy atom. The highest BCUT2D eigenvalue weighted by Crippen LogP contribution is 2.39. The van der Waals surface area contributed by atoms with E-state index in [9.17, 15) is 4.79 Å². The zero-order chi connectivity index (χ0) is 20.3. The lowest BCUT2D eigenvalue weighted by molar-refractivity contribution is -0.138. The van der Waals surface area contributed by atoms with Crippen LogP contribution in [0.1, 0.15) is 43.2 Å². The number of likely N-dealkylation sites (tertiary alicyclic amines) is 1. The van der Waals surface area contributed by atoms with E-state index in [1.165, 1.54) is 0 Å². The molecule has 0 N–H and O–H groups in total. The molecule has 1 amide bonds. The summed E-state index contributed by atoms with van der Waals surface area (Å²) in [4.78, 5) is 26.2. The van der Waals surface area contributed by atoms with Gasteiger partial charge in [-0.15, -0.1) is 0 Å². The Hall–Kier alpha value is -2.63. The molecule has 1 aromatic heterocycles. The number of aryl methyl sites for hydroxylation is 2. The maximum Gasteiger partial charge on any atom is 0.260 e. The molecule has 6 nitrogen and oxygen atoms in total. The van der Waals surface area contributed by atoms with Crippen molar-refractivity contribution in [1.29, 1.82) is 0 Å². The molecule has 2 saturated heterocycles. The zero-order valence-corrected chi connectivity index (χ0v) is 17.4. The maximum atomic E-state index is 13.1. The van der Waals surface area contributed by atoms with Gasteiger partial charge in [0, 0.05) is 36.9 Å². The number of hydrogen-bond acceptors (Lipinski definition) is 5. The van der Waals surface area contributed by atoms with Crippen LogP contribution in [0.4, 0.5) is 5.82 Å². The molecule has 2 aliphatic rings. The fourth-order valence-electron chi connectivity index (χ4n) is 4.90. The van der Waals surface area contributed by atoms with Gasteiger partial charge in [-0.25, -0.2) is 9.97 Å². The highest BCUT2D eigenvalue weighted by molar-refractivity contribution is 5.79. The van der Waals surface area contributed by atoms with Gasteiger partial charge in [0.2, 0.25) is 0 Å². The van der Waals surface area contributed by atoms with Crippen LogP contribution >= 0.6 is 0 Å². The summed E-state index contributed by atoms with van der Waals surface area (Å²) in [5.74, 6) is 1.92. The third kappa shape index (κ3) is 4.07. The molecule has 29 heavy (non-hydrogen) atoms. The normalized spacial score (nSPS) is 22.0. The number of amides is 1. The Morgan fingerprint density at radius 3 is 2.66 bits per heavy atom. The van der Waals surface area contributed by atoms with Gasteiger partial charge in [-0.05, 0) is 57.6 Å². The van der Waals surface area contributed by atoms with E-state index in [0.29, 0.717) is 0 Å². The number of para-hydroxylation sites is 1. The second-order valence-corrected chi connectivity index (χ2v) is 8.30. The fourth-order valence-corrected chi connectivity index (χ4v) is 4.90. The average molecular weight is 395 g/mol. The Morgan fingerprint density at radius 1 is 1.07 bits per heavy atom. The van der Waals surface area contributed by atoms with Gasteiger partial charge >= 0.3 is 0 Å². The summed E-state index contributed by atoms with van der Waals surface area (Å²) < 4.78 is 5.86. The number of nitrogens with zero attached hydrogens (tertiary/aromatic N) is 4. The molecule has 0 unspecified atom stereocenters. The lowest BCUT2D eigenvalue weighted by Gasteiger charge is -2.38. The molecule has 1 aromatic carbocycles. The fraction of sp³-hybridized carbons (Fsp3) is 0.522. The van der Waals surface area contributed by atoms with Crippen molar-refractivity contribution in [3.05, 3.63) is 47.9 Å². The van der Waals surface area contributed by atoms with Crippen LogP contribution in [-0.4, -0.2) is 52.6 Å². The first-order chi connectivity index (χ1) is 14.1. The number of aromatic nitrogens is 2. The summed E-state index contributed by atoms with van der Waals surface area (Å²) in [6.07, 6.45) is 8.74. The van der Waals surface area contributed by atoms with Gasteiger partial charge in [-0.3, -0.25) is 4.79 Å². The zero-order valence-electron chi connectivity index (χ0n) is 17.4. The lowest BCUT2D eigenvalue weighted by atomic mass is 9.87. The monoisotopic (exact) mass is 394 g/mol. The van der Waals surface area contributed by atoms with Crippen molar-refractivity contribution in [2.24, 2.45) is 0 Å². The molecule has 2 aromatic rings. The van der Waals surface area contributed by atoms with Gasteiger partial charge in [-0.2, -0.15) is 0 Å². The van der Waals surface area contributed by atoms with Crippen molar-refractivity contribution in [3.63, 3.8) is 0 Å². The van der Waals surface area contributed by atoms with E-state index in [-0.39, 0.29) is 18.1 Å². The van der Waals surface area contributed by atoms with Crippen molar-refractivity contribution in [3.8, 4) is 5.75 Å². The molecule has 3 heterocycles. The second-order valence-electron chi connectivity index (χ2n) is 8.30. The Kier molecular flexibility index (Phi) is 5.69. The van der Waals surface area contributed by atoms with Crippen LogP contribution in [0.3, 0.4) is 0 Å². The molecule has 6 heteroatoms. The minimum atomic E-state index is -0.0398. The number of anilines is 1. The molecule has 1 spiro atoms. The Balaban J connectivity index is 1.43. The maximum absolute atomic E-state index is 13.1. The number of carbonyl (C=O) groups is 1. The SMILES string of the molecule is Cc1ccccc1OCC(=O)N1CCC[C@]12CCCN(c1ncncc1C)CC2.